The van der Waals surface area contributed by atoms with Gasteiger partial charge in [-0.3, -0.25) is 10.1 Å². The minimum absolute atomic E-state index is 0.0415. The van der Waals surface area contributed by atoms with Gasteiger partial charge in [0.05, 0.1) is 16.1 Å². The van der Waals surface area contributed by atoms with E-state index >= 15 is 0 Å². The molecule has 0 unspecified atom stereocenters. The maximum atomic E-state index is 13.7. The van der Waals surface area contributed by atoms with Crippen LogP contribution in [0, 0.1) is 17.0 Å². The molecule has 6 nitrogen and oxygen atoms in total. The van der Waals surface area contributed by atoms with E-state index in [0.29, 0.717) is 11.1 Å². The van der Waals surface area contributed by atoms with Crippen LogP contribution in [0.5, 0.6) is 0 Å². The largest absolute Gasteiger partial charge is 0.433 e. The Labute approximate surface area is 162 Å². The van der Waals surface area contributed by atoms with Gasteiger partial charge < -0.3 is 0 Å². The van der Waals surface area contributed by atoms with Crippen LogP contribution in [0.3, 0.4) is 0 Å². The number of hydrogen-bond donors (Lipinski definition) is 0. The van der Waals surface area contributed by atoms with E-state index in [1.165, 1.54) is 24.3 Å². The lowest BCUT2D eigenvalue weighted by Crippen LogP contribution is -2.14. The van der Waals surface area contributed by atoms with Gasteiger partial charge in [0.25, 0.3) is 5.69 Å². The molecule has 29 heavy (non-hydrogen) atoms. The number of aryl methyl sites for hydroxylation is 1. The zero-order chi connectivity index (χ0) is 20.8. The molecule has 0 fully saturated rings. The molecule has 0 aliphatic carbocycles. The van der Waals surface area contributed by atoms with Crippen molar-refractivity contribution in [2.45, 2.75) is 13.1 Å². The number of alkyl halides is 3. The minimum Gasteiger partial charge on any atom is -0.258 e. The summed E-state index contributed by atoms with van der Waals surface area (Å²) < 4.78 is 41.8. The van der Waals surface area contributed by atoms with E-state index in [2.05, 4.69) is 10.1 Å². The van der Waals surface area contributed by atoms with Gasteiger partial charge in [0.2, 0.25) is 0 Å². The fourth-order valence-electron chi connectivity index (χ4n) is 3.09. The molecule has 0 spiro atoms. The van der Waals surface area contributed by atoms with Gasteiger partial charge in [0, 0.05) is 23.1 Å². The molecule has 2 aromatic carbocycles. The van der Waals surface area contributed by atoms with Gasteiger partial charge in [-0.1, -0.05) is 18.2 Å². The van der Waals surface area contributed by atoms with E-state index in [1.54, 1.807) is 25.1 Å². The van der Waals surface area contributed by atoms with Gasteiger partial charge >= 0.3 is 6.18 Å². The number of fused-ring (bicyclic) bond motifs is 1. The molecule has 0 aliphatic heterocycles. The first-order valence-electron chi connectivity index (χ1n) is 8.53. The number of aromatic nitrogens is 3. The number of pyridine rings is 1. The molecule has 0 bridgehead atoms. The van der Waals surface area contributed by atoms with Crippen LogP contribution < -0.4 is 0 Å². The molecule has 0 amide bonds. The molecular weight excluding hydrogens is 385 g/mol. The summed E-state index contributed by atoms with van der Waals surface area (Å²) in [6.45, 7) is 1.79. The third kappa shape index (κ3) is 3.42. The third-order valence-electron chi connectivity index (χ3n) is 4.50. The van der Waals surface area contributed by atoms with Crippen molar-refractivity contribution in [1.29, 1.82) is 0 Å². The second-order valence-electron chi connectivity index (χ2n) is 6.44. The van der Waals surface area contributed by atoms with Gasteiger partial charge in [0.1, 0.15) is 0 Å². The van der Waals surface area contributed by atoms with Crippen molar-refractivity contribution in [2.75, 3.05) is 0 Å². The van der Waals surface area contributed by atoms with Crippen LogP contribution in [0.15, 0.2) is 60.7 Å². The van der Waals surface area contributed by atoms with Crippen molar-refractivity contribution in [3.05, 3.63) is 82.0 Å². The summed E-state index contributed by atoms with van der Waals surface area (Å²) in [5, 5.41) is 15.7. The molecule has 4 rings (SSSR count). The SMILES string of the molecule is Cc1cc(-n2nc(-c3ccc([N+](=O)[O-])cc3)cc2C(F)(F)F)nc2ccccc12. The van der Waals surface area contributed by atoms with Crippen molar-refractivity contribution in [3.8, 4) is 17.1 Å². The average Bonchev–Trinajstić information content (AvgIpc) is 3.14. The molecule has 2 aromatic heterocycles. The lowest BCUT2D eigenvalue weighted by Gasteiger charge is -2.11. The first-order valence-corrected chi connectivity index (χ1v) is 8.53. The number of nitro groups is 1. The normalized spacial score (nSPS) is 11.7. The molecule has 0 radical (unpaired) electrons. The zero-order valence-corrected chi connectivity index (χ0v) is 15.0. The highest BCUT2D eigenvalue weighted by atomic mass is 19.4. The summed E-state index contributed by atoms with van der Waals surface area (Å²) in [6, 6.07) is 14.8. The molecule has 4 aromatic rings. The Balaban J connectivity index is 1.88. The van der Waals surface area contributed by atoms with Crippen molar-refractivity contribution >= 4 is 16.6 Å². The monoisotopic (exact) mass is 398 g/mol. The number of nitrogens with zero attached hydrogens (tertiary/aromatic N) is 4. The Morgan fingerprint density at radius 2 is 1.72 bits per heavy atom. The third-order valence-corrected chi connectivity index (χ3v) is 4.50. The minimum atomic E-state index is -4.66. The van der Waals surface area contributed by atoms with Crippen molar-refractivity contribution in [3.63, 3.8) is 0 Å². The number of nitro benzene ring substituents is 1. The Bertz CT molecular complexity index is 1230. The number of rotatable bonds is 3. The molecule has 0 saturated carbocycles. The van der Waals surface area contributed by atoms with Gasteiger partial charge in [-0.15, -0.1) is 0 Å². The van der Waals surface area contributed by atoms with E-state index in [-0.39, 0.29) is 17.2 Å². The first-order chi connectivity index (χ1) is 13.7. The lowest BCUT2D eigenvalue weighted by atomic mass is 10.1. The standard InChI is InChI=1S/C20H13F3N4O2/c1-12-10-19(24-16-5-3-2-4-15(12)16)26-18(20(21,22)23)11-17(25-26)13-6-8-14(9-7-13)27(28)29/h2-11H,1H3. The molecule has 0 N–H and O–H groups in total. The topological polar surface area (TPSA) is 73.8 Å². The highest BCUT2D eigenvalue weighted by Gasteiger charge is 2.37. The number of para-hydroxylation sites is 1. The van der Waals surface area contributed by atoms with Crippen LogP contribution >= 0.6 is 0 Å². The second kappa shape index (κ2) is 6.69. The van der Waals surface area contributed by atoms with E-state index in [0.717, 1.165) is 21.7 Å². The molecular formula is C20H13F3N4O2. The number of non-ortho nitro benzene ring substituents is 1. The first kappa shape index (κ1) is 18.6. The summed E-state index contributed by atoms with van der Waals surface area (Å²) >= 11 is 0. The van der Waals surface area contributed by atoms with Crippen molar-refractivity contribution in [1.82, 2.24) is 14.8 Å². The molecule has 0 atom stereocenters. The van der Waals surface area contributed by atoms with Crippen LogP contribution in [-0.4, -0.2) is 19.7 Å². The van der Waals surface area contributed by atoms with Gasteiger partial charge in [-0.25, -0.2) is 9.67 Å². The number of benzene rings is 2. The predicted molar refractivity (Wildman–Crippen MR) is 101 cm³/mol. The molecule has 0 aliphatic rings. The van der Waals surface area contributed by atoms with Gasteiger partial charge in [-0.05, 0) is 42.8 Å². The van der Waals surface area contributed by atoms with Crippen LogP contribution in [-0.2, 0) is 6.18 Å². The van der Waals surface area contributed by atoms with E-state index in [9.17, 15) is 23.3 Å². The summed E-state index contributed by atoms with van der Waals surface area (Å²) in [5.74, 6) is 0.0432. The van der Waals surface area contributed by atoms with Crippen molar-refractivity contribution in [2.24, 2.45) is 0 Å². The smallest absolute Gasteiger partial charge is 0.258 e. The quantitative estimate of drug-likeness (QED) is 0.346. The zero-order valence-electron chi connectivity index (χ0n) is 15.0. The van der Waals surface area contributed by atoms with Crippen molar-refractivity contribution < 1.29 is 18.1 Å². The molecule has 9 heteroatoms. The average molecular weight is 398 g/mol. The Kier molecular flexibility index (Phi) is 4.30. The lowest BCUT2D eigenvalue weighted by molar-refractivity contribution is -0.384. The number of halogens is 3. The summed E-state index contributed by atoms with van der Waals surface area (Å²) in [4.78, 5) is 14.5. The van der Waals surface area contributed by atoms with Gasteiger partial charge in [-0.2, -0.15) is 18.3 Å². The van der Waals surface area contributed by atoms with Crippen LogP contribution in [0.1, 0.15) is 11.3 Å². The summed E-state index contributed by atoms with van der Waals surface area (Å²) in [5.41, 5.74) is 0.565. The van der Waals surface area contributed by atoms with Crippen LogP contribution in [0.4, 0.5) is 18.9 Å². The molecule has 2 heterocycles. The Morgan fingerprint density at radius 3 is 2.38 bits per heavy atom. The van der Waals surface area contributed by atoms with E-state index < -0.39 is 16.8 Å². The van der Waals surface area contributed by atoms with Gasteiger partial charge in [0.15, 0.2) is 11.5 Å². The van der Waals surface area contributed by atoms with Crippen LogP contribution in [0.25, 0.3) is 28.0 Å². The Morgan fingerprint density at radius 1 is 1.03 bits per heavy atom. The maximum absolute atomic E-state index is 13.7. The molecule has 0 saturated heterocycles. The Hall–Kier alpha value is -3.75. The van der Waals surface area contributed by atoms with E-state index in [4.69, 9.17) is 0 Å². The molecule has 146 valence electrons. The highest BCUT2D eigenvalue weighted by Crippen LogP contribution is 2.34. The van der Waals surface area contributed by atoms with E-state index in [1.807, 2.05) is 12.1 Å². The second-order valence-corrected chi connectivity index (χ2v) is 6.44. The fraction of sp³-hybridized carbons (Fsp3) is 0.100. The summed E-state index contributed by atoms with van der Waals surface area (Å²) in [7, 11) is 0. The highest BCUT2D eigenvalue weighted by molar-refractivity contribution is 5.82. The van der Waals surface area contributed by atoms with Crippen LogP contribution in [0.2, 0.25) is 0 Å². The maximum Gasteiger partial charge on any atom is 0.433 e. The summed E-state index contributed by atoms with van der Waals surface area (Å²) in [6.07, 6.45) is -4.66. The number of hydrogen-bond acceptors (Lipinski definition) is 4. The predicted octanol–water partition coefficient (Wildman–Crippen LogP) is 5.32. The fourth-order valence-corrected chi connectivity index (χ4v) is 3.09.